The van der Waals surface area contributed by atoms with Gasteiger partial charge in [0.15, 0.2) is 0 Å². The normalized spacial score (nSPS) is 20.8. The lowest BCUT2D eigenvalue weighted by Gasteiger charge is -2.26. The van der Waals surface area contributed by atoms with E-state index in [1.54, 1.807) is 0 Å². The van der Waals surface area contributed by atoms with Crippen LogP contribution in [0.2, 0.25) is 0 Å². The fraction of sp³-hybridized carbons (Fsp3) is 0.611. The summed E-state index contributed by atoms with van der Waals surface area (Å²) in [6.07, 6.45) is 5.46. The highest BCUT2D eigenvalue weighted by molar-refractivity contribution is 5.43. The average molecular weight is 342 g/mol. The minimum atomic E-state index is 0.458. The SMILES string of the molecule is CN(C)c1nccc(N(C)C2CCN(Cc3cc(C4CC4)on3)C2)n1. The first-order valence-corrected chi connectivity index (χ1v) is 9.01. The van der Waals surface area contributed by atoms with Crippen molar-refractivity contribution in [2.45, 2.75) is 37.8 Å². The van der Waals surface area contributed by atoms with E-state index in [9.17, 15) is 0 Å². The second-order valence-corrected chi connectivity index (χ2v) is 7.39. The highest BCUT2D eigenvalue weighted by atomic mass is 16.5. The van der Waals surface area contributed by atoms with Gasteiger partial charge in [-0.05, 0) is 25.3 Å². The Morgan fingerprint density at radius 1 is 1.24 bits per heavy atom. The van der Waals surface area contributed by atoms with Crippen LogP contribution >= 0.6 is 0 Å². The molecule has 2 aromatic rings. The molecule has 2 aromatic heterocycles. The smallest absolute Gasteiger partial charge is 0.226 e. The van der Waals surface area contributed by atoms with Gasteiger partial charge in [-0.15, -0.1) is 0 Å². The Kier molecular flexibility index (Phi) is 4.33. The number of anilines is 2. The summed E-state index contributed by atoms with van der Waals surface area (Å²) < 4.78 is 5.47. The van der Waals surface area contributed by atoms with E-state index < -0.39 is 0 Å². The van der Waals surface area contributed by atoms with E-state index in [4.69, 9.17) is 4.52 Å². The van der Waals surface area contributed by atoms with Gasteiger partial charge in [-0.1, -0.05) is 5.16 Å². The predicted molar refractivity (Wildman–Crippen MR) is 96.9 cm³/mol. The molecule has 2 aliphatic rings. The summed E-state index contributed by atoms with van der Waals surface area (Å²) in [6.45, 7) is 2.96. The minimum absolute atomic E-state index is 0.458. The monoisotopic (exact) mass is 342 g/mol. The summed E-state index contributed by atoms with van der Waals surface area (Å²) in [5.41, 5.74) is 1.06. The quantitative estimate of drug-likeness (QED) is 0.797. The zero-order valence-electron chi connectivity index (χ0n) is 15.2. The molecular formula is C18H26N6O. The number of hydrogen-bond donors (Lipinski definition) is 0. The van der Waals surface area contributed by atoms with E-state index in [0.29, 0.717) is 12.0 Å². The second kappa shape index (κ2) is 6.63. The number of hydrogen-bond acceptors (Lipinski definition) is 7. The maximum atomic E-state index is 5.47. The van der Waals surface area contributed by atoms with Crippen molar-refractivity contribution < 1.29 is 4.52 Å². The van der Waals surface area contributed by atoms with Crippen molar-refractivity contribution in [1.82, 2.24) is 20.0 Å². The lowest BCUT2D eigenvalue weighted by Crippen LogP contribution is -2.35. The first-order valence-electron chi connectivity index (χ1n) is 9.01. The van der Waals surface area contributed by atoms with Crippen molar-refractivity contribution in [2.24, 2.45) is 0 Å². The largest absolute Gasteiger partial charge is 0.361 e. The molecule has 3 heterocycles. The Hall–Kier alpha value is -2.15. The highest BCUT2D eigenvalue weighted by Crippen LogP contribution is 2.40. The average Bonchev–Trinajstić information content (AvgIpc) is 3.19. The van der Waals surface area contributed by atoms with E-state index in [0.717, 1.165) is 49.3 Å². The van der Waals surface area contributed by atoms with Crippen molar-refractivity contribution in [2.75, 3.05) is 44.0 Å². The van der Waals surface area contributed by atoms with Crippen molar-refractivity contribution in [3.63, 3.8) is 0 Å². The summed E-state index contributed by atoms with van der Waals surface area (Å²) in [4.78, 5) is 15.6. The number of likely N-dealkylation sites (tertiary alicyclic amines) is 1. The summed E-state index contributed by atoms with van der Waals surface area (Å²) in [7, 11) is 6.05. The molecule has 1 saturated carbocycles. The van der Waals surface area contributed by atoms with Gasteiger partial charge in [0.05, 0.1) is 5.69 Å². The second-order valence-electron chi connectivity index (χ2n) is 7.39. The summed E-state index contributed by atoms with van der Waals surface area (Å²) in [5.74, 6) is 3.42. The van der Waals surface area contributed by atoms with Crippen molar-refractivity contribution in [3.05, 3.63) is 29.8 Å². The van der Waals surface area contributed by atoms with Gasteiger partial charge in [-0.3, -0.25) is 4.90 Å². The third-order valence-electron chi connectivity index (χ3n) is 5.13. The fourth-order valence-corrected chi connectivity index (χ4v) is 3.40. The molecule has 7 heteroatoms. The molecule has 0 N–H and O–H groups in total. The molecule has 134 valence electrons. The van der Waals surface area contributed by atoms with E-state index in [-0.39, 0.29) is 0 Å². The van der Waals surface area contributed by atoms with Crippen molar-refractivity contribution >= 4 is 11.8 Å². The molecule has 1 unspecified atom stereocenters. The van der Waals surface area contributed by atoms with Crippen LogP contribution in [0.3, 0.4) is 0 Å². The maximum absolute atomic E-state index is 5.47. The molecule has 0 bridgehead atoms. The van der Waals surface area contributed by atoms with Gasteiger partial charge in [0.25, 0.3) is 0 Å². The van der Waals surface area contributed by atoms with E-state index in [1.807, 2.05) is 31.3 Å². The molecule has 0 radical (unpaired) electrons. The van der Waals surface area contributed by atoms with Crippen LogP contribution in [0, 0.1) is 0 Å². The van der Waals surface area contributed by atoms with Gasteiger partial charge in [-0.2, -0.15) is 4.98 Å². The molecule has 4 rings (SSSR count). The molecule has 1 saturated heterocycles. The molecule has 1 aliphatic carbocycles. The van der Waals surface area contributed by atoms with Crippen LogP contribution in [-0.4, -0.2) is 60.3 Å². The standard InChI is InChI=1S/C18H26N6O/c1-22(2)18-19-8-6-17(20-18)23(3)15-7-9-24(12-15)11-14-10-16(25-21-14)13-4-5-13/h6,8,10,13,15H,4-5,7,9,11-12H2,1-3H3. The van der Waals surface area contributed by atoms with Gasteiger partial charge in [0.1, 0.15) is 11.6 Å². The maximum Gasteiger partial charge on any atom is 0.226 e. The summed E-state index contributed by atoms with van der Waals surface area (Å²) in [5, 5.41) is 4.24. The van der Waals surface area contributed by atoms with E-state index in [2.05, 4.69) is 38.0 Å². The molecule has 1 aliphatic heterocycles. The number of nitrogens with zero attached hydrogens (tertiary/aromatic N) is 6. The number of rotatable bonds is 6. The van der Waals surface area contributed by atoms with Gasteiger partial charge in [-0.25, -0.2) is 4.98 Å². The third-order valence-corrected chi connectivity index (χ3v) is 5.13. The van der Waals surface area contributed by atoms with Crippen LogP contribution in [0.1, 0.15) is 36.6 Å². The van der Waals surface area contributed by atoms with Crippen LogP contribution in [0.25, 0.3) is 0 Å². The topological polar surface area (TPSA) is 61.5 Å². The van der Waals surface area contributed by atoms with Gasteiger partial charge in [0, 0.05) is 65.0 Å². The van der Waals surface area contributed by atoms with Gasteiger partial charge >= 0.3 is 0 Å². The number of likely N-dealkylation sites (N-methyl/N-ethyl adjacent to an activating group) is 1. The Morgan fingerprint density at radius 2 is 2.08 bits per heavy atom. The molecule has 0 aromatic carbocycles. The highest BCUT2D eigenvalue weighted by Gasteiger charge is 2.30. The van der Waals surface area contributed by atoms with Gasteiger partial charge < -0.3 is 14.3 Å². The Balaban J connectivity index is 1.36. The van der Waals surface area contributed by atoms with Crippen molar-refractivity contribution in [1.29, 1.82) is 0 Å². The molecular weight excluding hydrogens is 316 g/mol. The zero-order valence-corrected chi connectivity index (χ0v) is 15.2. The van der Waals surface area contributed by atoms with Crippen LogP contribution in [0.4, 0.5) is 11.8 Å². The summed E-state index contributed by atoms with van der Waals surface area (Å²) >= 11 is 0. The predicted octanol–water partition coefficient (Wildman–Crippen LogP) is 2.12. The summed E-state index contributed by atoms with van der Waals surface area (Å²) in [6, 6.07) is 4.58. The third kappa shape index (κ3) is 3.61. The molecule has 0 spiro atoms. The Morgan fingerprint density at radius 3 is 2.84 bits per heavy atom. The number of aromatic nitrogens is 3. The Bertz CT molecular complexity index is 726. The van der Waals surface area contributed by atoms with E-state index >= 15 is 0 Å². The van der Waals surface area contributed by atoms with E-state index in [1.165, 1.54) is 12.8 Å². The molecule has 1 atom stereocenters. The molecule has 7 nitrogen and oxygen atoms in total. The Labute approximate surface area is 148 Å². The van der Waals surface area contributed by atoms with Crippen LogP contribution in [0.5, 0.6) is 0 Å². The van der Waals surface area contributed by atoms with Gasteiger partial charge in [0.2, 0.25) is 5.95 Å². The van der Waals surface area contributed by atoms with Crippen LogP contribution < -0.4 is 9.80 Å². The minimum Gasteiger partial charge on any atom is -0.361 e. The lowest BCUT2D eigenvalue weighted by molar-refractivity contribution is 0.306. The lowest BCUT2D eigenvalue weighted by atomic mass is 10.2. The molecule has 2 fully saturated rings. The first kappa shape index (κ1) is 16.3. The zero-order chi connectivity index (χ0) is 17.4. The fourth-order valence-electron chi connectivity index (χ4n) is 3.40. The van der Waals surface area contributed by atoms with Crippen molar-refractivity contribution in [3.8, 4) is 0 Å². The molecule has 25 heavy (non-hydrogen) atoms. The first-order chi connectivity index (χ1) is 12.1. The van der Waals surface area contributed by atoms with Crippen LogP contribution in [-0.2, 0) is 6.54 Å². The molecule has 0 amide bonds. The van der Waals surface area contributed by atoms with Crippen LogP contribution in [0.15, 0.2) is 22.9 Å².